The van der Waals surface area contributed by atoms with E-state index in [1.54, 1.807) is 15.6 Å². The Morgan fingerprint density at radius 3 is 2.94 bits per heavy atom. The van der Waals surface area contributed by atoms with Gasteiger partial charge in [0.2, 0.25) is 0 Å². The van der Waals surface area contributed by atoms with Crippen molar-refractivity contribution < 1.29 is 9.90 Å². The second-order valence-electron chi connectivity index (χ2n) is 3.98. The number of hydrogen-bond donors (Lipinski definition) is 2. The van der Waals surface area contributed by atoms with Crippen LogP contribution in [-0.4, -0.2) is 25.8 Å². The quantitative estimate of drug-likeness (QED) is 0.847. The zero-order valence-corrected chi connectivity index (χ0v) is 10.9. The summed E-state index contributed by atoms with van der Waals surface area (Å²) in [6, 6.07) is -0.782. The highest BCUT2D eigenvalue weighted by Gasteiger charge is 2.21. The van der Waals surface area contributed by atoms with Crippen LogP contribution in [0.2, 0.25) is 0 Å². The lowest BCUT2D eigenvalue weighted by molar-refractivity contribution is -0.139. The Kier molecular flexibility index (Phi) is 3.73. The van der Waals surface area contributed by atoms with E-state index >= 15 is 0 Å². The number of aryl methyl sites for hydroxylation is 2. The van der Waals surface area contributed by atoms with Gasteiger partial charge in [-0.25, -0.2) is 4.98 Å². The lowest BCUT2D eigenvalue weighted by Crippen LogP contribution is -2.28. The van der Waals surface area contributed by atoms with Gasteiger partial charge in [-0.1, -0.05) is 0 Å². The smallest absolute Gasteiger partial charge is 0.327 e. The number of rotatable bonds is 5. The summed E-state index contributed by atoms with van der Waals surface area (Å²) in [7, 11) is 1.84. The number of thiazole rings is 1. The molecule has 0 radical (unpaired) electrons. The van der Waals surface area contributed by atoms with Crippen molar-refractivity contribution in [2.24, 2.45) is 7.05 Å². The Morgan fingerprint density at radius 1 is 1.67 bits per heavy atom. The Bertz CT molecular complexity index is 535. The number of aromatic nitrogens is 3. The van der Waals surface area contributed by atoms with Crippen molar-refractivity contribution in [2.45, 2.75) is 19.5 Å². The molecule has 2 rings (SSSR count). The molecule has 2 N–H and O–H groups in total. The number of nitrogens with one attached hydrogen (secondary N) is 1. The molecular weight excluding hydrogens is 252 g/mol. The minimum Gasteiger partial charge on any atom is -0.480 e. The monoisotopic (exact) mass is 266 g/mol. The maximum atomic E-state index is 11.2. The minimum atomic E-state index is -0.928. The molecule has 18 heavy (non-hydrogen) atoms. The van der Waals surface area contributed by atoms with Gasteiger partial charge in [-0.3, -0.25) is 14.8 Å². The zero-order valence-electron chi connectivity index (χ0n) is 10.1. The van der Waals surface area contributed by atoms with E-state index in [4.69, 9.17) is 0 Å². The van der Waals surface area contributed by atoms with Crippen LogP contribution in [0.3, 0.4) is 0 Å². The van der Waals surface area contributed by atoms with Gasteiger partial charge in [0.1, 0.15) is 6.04 Å². The van der Waals surface area contributed by atoms with Gasteiger partial charge in [-0.05, 0) is 6.92 Å². The standard InChI is InChI=1S/C11H14N4O2S/c1-7-8(4-15(2)14-7)3-12-10(11(16)17)9-5-18-6-13-9/h4-6,10,12H,3H2,1-2H3,(H,16,17). The predicted molar refractivity (Wildman–Crippen MR) is 67.3 cm³/mol. The molecule has 0 saturated heterocycles. The summed E-state index contributed by atoms with van der Waals surface area (Å²) < 4.78 is 1.71. The van der Waals surface area contributed by atoms with E-state index in [0.29, 0.717) is 12.2 Å². The molecule has 7 heteroatoms. The van der Waals surface area contributed by atoms with E-state index in [-0.39, 0.29) is 0 Å². The number of hydrogen-bond acceptors (Lipinski definition) is 5. The summed E-state index contributed by atoms with van der Waals surface area (Å²) >= 11 is 1.38. The maximum absolute atomic E-state index is 11.2. The fraction of sp³-hybridized carbons (Fsp3) is 0.364. The molecule has 0 spiro atoms. The van der Waals surface area contributed by atoms with Crippen molar-refractivity contribution in [3.8, 4) is 0 Å². The van der Waals surface area contributed by atoms with Crippen LogP contribution in [0, 0.1) is 6.92 Å². The minimum absolute atomic E-state index is 0.453. The third-order valence-corrected chi connectivity index (χ3v) is 3.21. The van der Waals surface area contributed by atoms with Crippen LogP contribution in [0.15, 0.2) is 17.1 Å². The highest BCUT2D eigenvalue weighted by atomic mass is 32.1. The molecule has 0 bridgehead atoms. The molecule has 0 aromatic carbocycles. The Labute approximate surface area is 108 Å². The van der Waals surface area contributed by atoms with Gasteiger partial charge in [-0.15, -0.1) is 11.3 Å². The Balaban J connectivity index is 2.07. The molecule has 6 nitrogen and oxygen atoms in total. The molecule has 0 amide bonds. The summed E-state index contributed by atoms with van der Waals surface area (Å²) in [6.07, 6.45) is 1.88. The molecular formula is C11H14N4O2S. The van der Waals surface area contributed by atoms with Crippen molar-refractivity contribution >= 4 is 17.3 Å². The number of carboxylic acids is 1. The van der Waals surface area contributed by atoms with E-state index in [9.17, 15) is 9.90 Å². The lowest BCUT2D eigenvalue weighted by Gasteiger charge is -2.11. The molecule has 96 valence electrons. The topological polar surface area (TPSA) is 80.0 Å². The summed E-state index contributed by atoms with van der Waals surface area (Å²) in [6.45, 7) is 2.35. The molecule has 0 aliphatic rings. The first kappa shape index (κ1) is 12.7. The van der Waals surface area contributed by atoms with Crippen LogP contribution in [0.25, 0.3) is 0 Å². The highest BCUT2D eigenvalue weighted by Crippen LogP contribution is 2.14. The molecule has 0 aliphatic carbocycles. The Morgan fingerprint density at radius 2 is 2.44 bits per heavy atom. The average molecular weight is 266 g/mol. The van der Waals surface area contributed by atoms with Crippen LogP contribution in [0.4, 0.5) is 0 Å². The van der Waals surface area contributed by atoms with Crippen LogP contribution in [0.1, 0.15) is 23.0 Å². The van der Waals surface area contributed by atoms with Gasteiger partial charge in [0.05, 0.1) is 16.9 Å². The van der Waals surface area contributed by atoms with E-state index in [0.717, 1.165) is 11.3 Å². The predicted octanol–water partition coefficient (Wildman–Crippen LogP) is 1.10. The van der Waals surface area contributed by atoms with Gasteiger partial charge in [0.15, 0.2) is 0 Å². The first-order valence-electron chi connectivity index (χ1n) is 5.41. The molecule has 0 aliphatic heterocycles. The SMILES string of the molecule is Cc1nn(C)cc1CNC(C(=O)O)c1cscn1. The first-order chi connectivity index (χ1) is 8.58. The van der Waals surface area contributed by atoms with Crippen molar-refractivity contribution in [3.63, 3.8) is 0 Å². The normalized spacial score (nSPS) is 12.6. The largest absolute Gasteiger partial charge is 0.480 e. The van der Waals surface area contributed by atoms with Gasteiger partial charge in [0.25, 0.3) is 0 Å². The van der Waals surface area contributed by atoms with Crippen LogP contribution in [0.5, 0.6) is 0 Å². The van der Waals surface area contributed by atoms with Gasteiger partial charge < -0.3 is 5.11 Å². The van der Waals surface area contributed by atoms with E-state index in [2.05, 4.69) is 15.4 Å². The second-order valence-corrected chi connectivity index (χ2v) is 4.70. The third kappa shape index (κ3) is 2.74. The van der Waals surface area contributed by atoms with Crippen molar-refractivity contribution in [1.82, 2.24) is 20.1 Å². The summed E-state index contributed by atoms with van der Waals surface area (Å²) in [5, 5.41) is 18.1. The number of carboxylic acid groups (broad SMARTS) is 1. The van der Waals surface area contributed by atoms with E-state index in [1.807, 2.05) is 20.2 Å². The first-order valence-corrected chi connectivity index (χ1v) is 6.35. The fourth-order valence-corrected chi connectivity index (χ4v) is 2.30. The fourth-order valence-electron chi connectivity index (χ4n) is 1.72. The molecule has 2 aromatic rings. The lowest BCUT2D eigenvalue weighted by atomic mass is 10.2. The van der Waals surface area contributed by atoms with Gasteiger partial charge in [0, 0.05) is 30.7 Å². The maximum Gasteiger partial charge on any atom is 0.327 e. The molecule has 0 saturated carbocycles. The van der Waals surface area contributed by atoms with Crippen molar-refractivity contribution in [3.05, 3.63) is 34.0 Å². The molecule has 0 fully saturated rings. The van der Waals surface area contributed by atoms with Gasteiger partial charge >= 0.3 is 5.97 Å². The summed E-state index contributed by atoms with van der Waals surface area (Å²) in [5.41, 5.74) is 4.04. The number of nitrogens with zero attached hydrogens (tertiary/aromatic N) is 3. The second kappa shape index (κ2) is 5.28. The molecule has 1 atom stereocenters. The highest BCUT2D eigenvalue weighted by molar-refractivity contribution is 7.07. The molecule has 2 heterocycles. The molecule has 2 aromatic heterocycles. The van der Waals surface area contributed by atoms with Gasteiger partial charge in [-0.2, -0.15) is 5.10 Å². The number of carbonyl (C=O) groups is 1. The Hall–Kier alpha value is -1.73. The van der Waals surface area contributed by atoms with Crippen molar-refractivity contribution in [1.29, 1.82) is 0 Å². The van der Waals surface area contributed by atoms with Crippen LogP contribution < -0.4 is 5.32 Å². The third-order valence-electron chi connectivity index (χ3n) is 2.61. The number of aliphatic carboxylic acids is 1. The average Bonchev–Trinajstić information content (AvgIpc) is 2.89. The zero-order chi connectivity index (χ0) is 13.1. The van der Waals surface area contributed by atoms with Crippen LogP contribution in [-0.2, 0) is 18.4 Å². The van der Waals surface area contributed by atoms with E-state index in [1.165, 1.54) is 11.3 Å². The summed E-state index contributed by atoms with van der Waals surface area (Å²) in [5.74, 6) is -0.928. The van der Waals surface area contributed by atoms with E-state index < -0.39 is 12.0 Å². The van der Waals surface area contributed by atoms with Crippen LogP contribution >= 0.6 is 11.3 Å². The van der Waals surface area contributed by atoms with Crippen molar-refractivity contribution in [2.75, 3.05) is 0 Å². The summed E-state index contributed by atoms with van der Waals surface area (Å²) in [4.78, 5) is 15.2. The molecule has 1 unspecified atom stereocenters.